The van der Waals surface area contributed by atoms with Crippen molar-refractivity contribution in [1.29, 1.82) is 0 Å². The molecular formula is C16H18ClN3S. The van der Waals surface area contributed by atoms with Crippen LogP contribution < -0.4 is 0 Å². The first-order valence-electron chi connectivity index (χ1n) is 7.17. The number of nitrogens with zero attached hydrogens (tertiary/aromatic N) is 3. The third-order valence-electron chi connectivity index (χ3n) is 3.60. The fourth-order valence-electron chi connectivity index (χ4n) is 2.70. The molecule has 1 unspecified atom stereocenters. The number of hydrogen-bond acceptors (Lipinski definition) is 3. The molecule has 0 saturated heterocycles. The van der Waals surface area contributed by atoms with Gasteiger partial charge in [0.2, 0.25) is 0 Å². The average molecular weight is 320 g/mol. The van der Waals surface area contributed by atoms with Gasteiger partial charge < -0.3 is 4.57 Å². The molecule has 0 saturated carbocycles. The first kappa shape index (κ1) is 14.5. The molecule has 0 fully saturated rings. The number of aromatic nitrogens is 3. The molecule has 0 radical (unpaired) electrons. The molecule has 3 rings (SSSR count). The van der Waals surface area contributed by atoms with Crippen molar-refractivity contribution in [2.24, 2.45) is 0 Å². The van der Waals surface area contributed by atoms with Crippen molar-refractivity contribution in [2.75, 3.05) is 0 Å². The van der Waals surface area contributed by atoms with Crippen LogP contribution in [0.3, 0.4) is 0 Å². The number of fused-ring (bicyclic) bond motifs is 1. The van der Waals surface area contributed by atoms with Crippen molar-refractivity contribution in [3.05, 3.63) is 46.0 Å². The van der Waals surface area contributed by atoms with E-state index in [1.165, 1.54) is 4.88 Å². The summed E-state index contributed by atoms with van der Waals surface area (Å²) in [5, 5.41) is 2.12. The monoisotopic (exact) mass is 319 g/mol. The summed E-state index contributed by atoms with van der Waals surface area (Å²) in [6, 6.07) is 6.62. The van der Waals surface area contributed by atoms with Crippen molar-refractivity contribution in [3.63, 3.8) is 0 Å². The average Bonchev–Trinajstić information content (AvgIpc) is 3.11. The third kappa shape index (κ3) is 2.70. The van der Waals surface area contributed by atoms with E-state index >= 15 is 0 Å². The maximum absolute atomic E-state index is 6.14. The van der Waals surface area contributed by atoms with Gasteiger partial charge in [-0.15, -0.1) is 22.9 Å². The second-order valence-corrected chi connectivity index (χ2v) is 6.45. The molecule has 0 bridgehead atoms. The van der Waals surface area contributed by atoms with Crippen LogP contribution in [0.2, 0.25) is 0 Å². The molecule has 1 atom stereocenters. The smallest absolute Gasteiger partial charge is 0.160 e. The molecule has 5 heteroatoms. The lowest BCUT2D eigenvalue weighted by molar-refractivity contribution is 0.537. The first-order valence-corrected chi connectivity index (χ1v) is 8.58. The fourth-order valence-corrected chi connectivity index (χ4v) is 3.74. The molecule has 3 aromatic rings. The second-order valence-electron chi connectivity index (χ2n) is 5.21. The number of imidazole rings is 1. The lowest BCUT2D eigenvalue weighted by Crippen LogP contribution is -2.12. The largest absolute Gasteiger partial charge is 0.303 e. The molecule has 3 nitrogen and oxygen atoms in total. The van der Waals surface area contributed by atoms with Gasteiger partial charge in [-0.05, 0) is 36.4 Å². The number of alkyl halides is 1. The van der Waals surface area contributed by atoms with Crippen LogP contribution >= 0.6 is 22.9 Å². The van der Waals surface area contributed by atoms with Gasteiger partial charge in [0, 0.05) is 11.1 Å². The van der Waals surface area contributed by atoms with Crippen molar-refractivity contribution < 1.29 is 0 Å². The van der Waals surface area contributed by atoms with Crippen LogP contribution in [0.25, 0.3) is 11.2 Å². The van der Waals surface area contributed by atoms with Gasteiger partial charge in [0.15, 0.2) is 5.65 Å². The van der Waals surface area contributed by atoms with Gasteiger partial charge in [-0.2, -0.15) is 0 Å². The molecule has 0 spiro atoms. The predicted octanol–water partition coefficient (Wildman–Crippen LogP) is 4.93. The minimum absolute atomic E-state index is 0.268. The number of rotatable bonds is 5. The van der Waals surface area contributed by atoms with E-state index in [-0.39, 0.29) is 6.04 Å². The van der Waals surface area contributed by atoms with E-state index in [1.54, 1.807) is 11.3 Å². The van der Waals surface area contributed by atoms with Crippen molar-refractivity contribution in [2.45, 2.75) is 38.6 Å². The van der Waals surface area contributed by atoms with Crippen LogP contribution in [0.15, 0.2) is 29.8 Å². The number of aryl methyl sites for hydroxylation is 1. The summed E-state index contributed by atoms with van der Waals surface area (Å²) in [5.74, 6) is 1.30. The van der Waals surface area contributed by atoms with Crippen LogP contribution in [0.5, 0.6) is 0 Å². The third-order valence-corrected chi connectivity index (χ3v) is 4.82. The Labute approximate surface area is 133 Å². The Morgan fingerprint density at radius 3 is 2.95 bits per heavy atom. The van der Waals surface area contributed by atoms with Crippen molar-refractivity contribution in [1.82, 2.24) is 14.5 Å². The van der Waals surface area contributed by atoms with E-state index in [2.05, 4.69) is 45.0 Å². The number of hydrogen-bond donors (Lipinski definition) is 0. The highest BCUT2D eigenvalue weighted by Gasteiger charge is 2.21. The van der Waals surface area contributed by atoms with E-state index in [0.717, 1.165) is 35.4 Å². The van der Waals surface area contributed by atoms with Crippen LogP contribution in [0.4, 0.5) is 0 Å². The van der Waals surface area contributed by atoms with Gasteiger partial charge in [-0.25, -0.2) is 9.97 Å². The van der Waals surface area contributed by atoms with E-state index < -0.39 is 0 Å². The molecule has 0 aliphatic heterocycles. The molecule has 0 aromatic carbocycles. The highest BCUT2D eigenvalue weighted by Crippen LogP contribution is 2.32. The lowest BCUT2D eigenvalue weighted by Gasteiger charge is -2.19. The Hall–Kier alpha value is -1.39. The van der Waals surface area contributed by atoms with Crippen LogP contribution in [0, 0.1) is 6.92 Å². The highest BCUT2D eigenvalue weighted by atomic mass is 35.5. The Kier molecular flexibility index (Phi) is 4.27. The summed E-state index contributed by atoms with van der Waals surface area (Å²) < 4.78 is 2.22. The molecule has 0 aliphatic carbocycles. The zero-order valence-corrected chi connectivity index (χ0v) is 13.8. The second kappa shape index (κ2) is 6.16. The standard InChI is InChI=1S/C16H18ClN3S/c1-3-5-13(14-6-4-7-21-14)20-15(9-17)19-12-8-11(2)10-18-16(12)20/h4,6-8,10,13H,3,5,9H2,1-2H3. The maximum atomic E-state index is 6.14. The number of thiophene rings is 1. The Balaban J connectivity index is 2.20. The summed E-state index contributed by atoms with van der Waals surface area (Å²) >= 11 is 7.92. The fraction of sp³-hybridized carbons (Fsp3) is 0.375. The predicted molar refractivity (Wildman–Crippen MR) is 89.2 cm³/mol. The minimum Gasteiger partial charge on any atom is -0.303 e. The van der Waals surface area contributed by atoms with Gasteiger partial charge in [-0.3, -0.25) is 0 Å². The van der Waals surface area contributed by atoms with E-state index in [0.29, 0.717) is 5.88 Å². The molecule has 0 aliphatic rings. The normalized spacial score (nSPS) is 12.9. The molecule has 3 heterocycles. The van der Waals surface area contributed by atoms with Crippen LogP contribution in [0.1, 0.15) is 42.1 Å². The van der Waals surface area contributed by atoms with Gasteiger partial charge in [-0.1, -0.05) is 19.4 Å². The van der Waals surface area contributed by atoms with Gasteiger partial charge in [0.25, 0.3) is 0 Å². The molecule has 3 aromatic heterocycles. The first-order chi connectivity index (χ1) is 10.2. The van der Waals surface area contributed by atoms with Crippen molar-refractivity contribution >= 4 is 34.1 Å². The molecule has 110 valence electrons. The Bertz CT molecular complexity index is 733. The van der Waals surface area contributed by atoms with Gasteiger partial charge >= 0.3 is 0 Å². The quantitative estimate of drug-likeness (QED) is 0.624. The lowest BCUT2D eigenvalue weighted by atomic mass is 10.1. The molecule has 0 amide bonds. The Morgan fingerprint density at radius 1 is 1.43 bits per heavy atom. The van der Waals surface area contributed by atoms with E-state index in [4.69, 9.17) is 11.6 Å². The highest BCUT2D eigenvalue weighted by molar-refractivity contribution is 7.10. The summed E-state index contributed by atoms with van der Waals surface area (Å²) in [6.07, 6.45) is 4.07. The maximum Gasteiger partial charge on any atom is 0.160 e. The molecular weight excluding hydrogens is 302 g/mol. The minimum atomic E-state index is 0.268. The summed E-state index contributed by atoms with van der Waals surface area (Å²) in [6.45, 7) is 4.24. The summed E-state index contributed by atoms with van der Waals surface area (Å²) in [7, 11) is 0. The van der Waals surface area contributed by atoms with Crippen molar-refractivity contribution in [3.8, 4) is 0 Å². The summed E-state index contributed by atoms with van der Waals surface area (Å²) in [5.41, 5.74) is 2.99. The van der Waals surface area contributed by atoms with Crippen LogP contribution in [-0.2, 0) is 5.88 Å². The molecule has 0 N–H and O–H groups in total. The van der Waals surface area contributed by atoms with Gasteiger partial charge in [0.05, 0.1) is 11.9 Å². The zero-order chi connectivity index (χ0) is 14.8. The number of pyridine rings is 1. The zero-order valence-electron chi connectivity index (χ0n) is 12.2. The SMILES string of the molecule is CCCC(c1cccs1)n1c(CCl)nc2cc(C)cnc21. The van der Waals surface area contributed by atoms with Crippen LogP contribution in [-0.4, -0.2) is 14.5 Å². The topological polar surface area (TPSA) is 30.7 Å². The van der Waals surface area contributed by atoms with Gasteiger partial charge in [0.1, 0.15) is 11.3 Å². The van der Waals surface area contributed by atoms with E-state index in [9.17, 15) is 0 Å². The Morgan fingerprint density at radius 2 is 2.29 bits per heavy atom. The molecule has 21 heavy (non-hydrogen) atoms. The van der Waals surface area contributed by atoms with E-state index in [1.807, 2.05) is 13.1 Å². The summed E-state index contributed by atoms with van der Waals surface area (Å²) in [4.78, 5) is 10.6. The number of halogens is 1.